The third-order valence-corrected chi connectivity index (χ3v) is 4.70. The van der Waals surface area contributed by atoms with Crippen molar-refractivity contribution in [1.82, 2.24) is 4.90 Å². The van der Waals surface area contributed by atoms with Crippen LogP contribution in [0.3, 0.4) is 0 Å². The van der Waals surface area contributed by atoms with E-state index in [9.17, 15) is 14.7 Å². The van der Waals surface area contributed by atoms with Crippen molar-refractivity contribution >= 4 is 17.6 Å². The predicted octanol–water partition coefficient (Wildman–Crippen LogP) is 1.91. The van der Waals surface area contributed by atoms with E-state index < -0.39 is 11.4 Å². The Balaban J connectivity index is 1.65. The van der Waals surface area contributed by atoms with Crippen LogP contribution in [0.15, 0.2) is 24.3 Å². The van der Waals surface area contributed by atoms with Crippen molar-refractivity contribution in [1.29, 1.82) is 0 Å². The number of rotatable bonds is 3. The number of carboxylic acids is 1. The molecule has 21 heavy (non-hydrogen) atoms. The van der Waals surface area contributed by atoms with Gasteiger partial charge < -0.3 is 15.3 Å². The van der Waals surface area contributed by atoms with E-state index in [-0.39, 0.29) is 11.8 Å². The molecule has 112 valence electrons. The second-order valence-corrected chi connectivity index (χ2v) is 6.30. The molecule has 2 unspecified atom stereocenters. The Hall–Kier alpha value is -2.04. The predicted molar refractivity (Wildman–Crippen MR) is 79.2 cm³/mol. The Kier molecular flexibility index (Phi) is 3.35. The molecule has 0 radical (unpaired) electrons. The van der Waals surface area contributed by atoms with Crippen LogP contribution in [0.4, 0.5) is 5.69 Å². The molecular formula is C16H20N2O3. The largest absolute Gasteiger partial charge is 0.481 e. The third kappa shape index (κ3) is 2.48. The minimum atomic E-state index is -0.814. The Labute approximate surface area is 123 Å². The number of para-hydroxylation sites is 1. The summed E-state index contributed by atoms with van der Waals surface area (Å²) in [6.45, 7) is 3.36. The smallest absolute Gasteiger partial charge is 0.311 e. The van der Waals surface area contributed by atoms with Gasteiger partial charge in [-0.15, -0.1) is 0 Å². The summed E-state index contributed by atoms with van der Waals surface area (Å²) in [6, 6.07) is 8.05. The molecule has 1 amide bonds. The van der Waals surface area contributed by atoms with Crippen LogP contribution in [-0.4, -0.2) is 41.5 Å². The number of carbonyl (C=O) groups is 2. The third-order valence-electron chi connectivity index (χ3n) is 4.70. The van der Waals surface area contributed by atoms with Gasteiger partial charge in [0.2, 0.25) is 5.91 Å². The molecule has 0 saturated carbocycles. The lowest BCUT2D eigenvalue weighted by Crippen LogP contribution is -2.35. The van der Waals surface area contributed by atoms with Gasteiger partial charge >= 0.3 is 5.97 Å². The van der Waals surface area contributed by atoms with E-state index in [1.807, 2.05) is 18.2 Å². The molecule has 0 aromatic heterocycles. The van der Waals surface area contributed by atoms with E-state index in [1.54, 1.807) is 11.8 Å². The first-order valence-corrected chi connectivity index (χ1v) is 7.33. The fraction of sp³-hybridized carbons (Fsp3) is 0.500. The molecule has 2 N–H and O–H groups in total. The molecule has 2 aliphatic rings. The fourth-order valence-corrected chi connectivity index (χ4v) is 3.23. The van der Waals surface area contributed by atoms with Gasteiger partial charge in [-0.25, -0.2) is 0 Å². The average Bonchev–Trinajstić information content (AvgIpc) is 3.05. The van der Waals surface area contributed by atoms with Crippen LogP contribution in [0.5, 0.6) is 0 Å². The zero-order valence-corrected chi connectivity index (χ0v) is 12.1. The number of nitrogens with zero attached hydrogens (tertiary/aromatic N) is 1. The maximum Gasteiger partial charge on any atom is 0.311 e. The lowest BCUT2D eigenvalue weighted by Gasteiger charge is -2.21. The van der Waals surface area contributed by atoms with Crippen LogP contribution in [0, 0.1) is 5.41 Å². The molecule has 1 saturated heterocycles. The van der Waals surface area contributed by atoms with Gasteiger partial charge in [0.25, 0.3) is 0 Å². The number of anilines is 1. The SMILES string of the molecule is CC1(C(=O)O)CCN(C(=O)CC2CNc3ccccc32)C1. The topological polar surface area (TPSA) is 69.6 Å². The second kappa shape index (κ2) is 5.06. The van der Waals surface area contributed by atoms with Crippen LogP contribution in [0.25, 0.3) is 0 Å². The van der Waals surface area contributed by atoms with Gasteiger partial charge in [-0.05, 0) is 25.0 Å². The van der Waals surface area contributed by atoms with Crippen molar-refractivity contribution < 1.29 is 14.7 Å². The maximum absolute atomic E-state index is 12.4. The minimum absolute atomic E-state index is 0.0588. The van der Waals surface area contributed by atoms with E-state index in [2.05, 4.69) is 11.4 Å². The Bertz CT molecular complexity index is 587. The molecule has 0 aliphatic carbocycles. The number of carbonyl (C=O) groups excluding carboxylic acids is 1. The molecule has 1 aromatic rings. The molecule has 0 bridgehead atoms. The van der Waals surface area contributed by atoms with Crippen LogP contribution in [0.2, 0.25) is 0 Å². The van der Waals surface area contributed by atoms with Gasteiger partial charge in [-0.2, -0.15) is 0 Å². The normalized spacial score (nSPS) is 27.3. The van der Waals surface area contributed by atoms with E-state index in [0.717, 1.165) is 12.2 Å². The highest BCUT2D eigenvalue weighted by atomic mass is 16.4. The van der Waals surface area contributed by atoms with Crippen molar-refractivity contribution in [2.45, 2.75) is 25.7 Å². The highest BCUT2D eigenvalue weighted by Crippen LogP contribution is 2.35. The summed E-state index contributed by atoms with van der Waals surface area (Å²) in [4.78, 5) is 25.4. The van der Waals surface area contributed by atoms with Gasteiger partial charge in [0, 0.05) is 37.7 Å². The molecular weight excluding hydrogens is 268 g/mol. The van der Waals surface area contributed by atoms with E-state index >= 15 is 0 Å². The first kappa shape index (κ1) is 13.9. The number of carboxylic acid groups (broad SMARTS) is 1. The molecule has 3 rings (SSSR count). The van der Waals surface area contributed by atoms with Crippen molar-refractivity contribution in [3.8, 4) is 0 Å². The summed E-state index contributed by atoms with van der Waals surface area (Å²) in [5.74, 6) is -0.570. The summed E-state index contributed by atoms with van der Waals surface area (Å²) < 4.78 is 0. The minimum Gasteiger partial charge on any atom is -0.481 e. The Morgan fingerprint density at radius 3 is 2.90 bits per heavy atom. The molecule has 5 heteroatoms. The molecule has 5 nitrogen and oxygen atoms in total. The number of hydrogen-bond donors (Lipinski definition) is 2. The van der Waals surface area contributed by atoms with Gasteiger partial charge in [0.05, 0.1) is 5.41 Å². The van der Waals surface area contributed by atoms with Crippen molar-refractivity contribution in [2.75, 3.05) is 25.0 Å². The summed E-state index contributed by atoms with van der Waals surface area (Å²) in [6.07, 6.45) is 0.979. The maximum atomic E-state index is 12.4. The summed E-state index contributed by atoms with van der Waals surface area (Å²) in [5, 5.41) is 12.6. The van der Waals surface area contributed by atoms with E-state index in [0.29, 0.717) is 25.9 Å². The Morgan fingerprint density at radius 1 is 1.43 bits per heavy atom. The van der Waals surface area contributed by atoms with Crippen molar-refractivity contribution in [2.24, 2.45) is 5.41 Å². The fourth-order valence-electron chi connectivity index (χ4n) is 3.23. The monoisotopic (exact) mass is 288 g/mol. The number of amides is 1. The number of aliphatic carboxylic acids is 1. The zero-order valence-electron chi connectivity index (χ0n) is 12.1. The summed E-state index contributed by atoms with van der Waals surface area (Å²) in [7, 11) is 0. The molecule has 2 heterocycles. The molecule has 2 atom stereocenters. The van der Waals surface area contributed by atoms with Crippen molar-refractivity contribution in [3.05, 3.63) is 29.8 Å². The van der Waals surface area contributed by atoms with Gasteiger partial charge in [-0.3, -0.25) is 9.59 Å². The van der Waals surface area contributed by atoms with Gasteiger partial charge in [0.1, 0.15) is 0 Å². The highest BCUT2D eigenvalue weighted by molar-refractivity contribution is 5.81. The lowest BCUT2D eigenvalue weighted by atomic mass is 9.90. The summed E-state index contributed by atoms with van der Waals surface area (Å²) >= 11 is 0. The van der Waals surface area contributed by atoms with E-state index in [1.165, 1.54) is 5.56 Å². The first-order chi connectivity index (χ1) is 9.99. The van der Waals surface area contributed by atoms with Crippen LogP contribution in [0.1, 0.15) is 31.2 Å². The molecule has 1 fully saturated rings. The molecule has 2 aliphatic heterocycles. The number of benzene rings is 1. The highest BCUT2D eigenvalue weighted by Gasteiger charge is 2.42. The average molecular weight is 288 g/mol. The van der Waals surface area contributed by atoms with Crippen LogP contribution in [-0.2, 0) is 9.59 Å². The van der Waals surface area contributed by atoms with Crippen LogP contribution < -0.4 is 5.32 Å². The van der Waals surface area contributed by atoms with Crippen LogP contribution >= 0.6 is 0 Å². The van der Waals surface area contributed by atoms with Gasteiger partial charge in [0.15, 0.2) is 0 Å². The van der Waals surface area contributed by atoms with E-state index in [4.69, 9.17) is 0 Å². The first-order valence-electron chi connectivity index (χ1n) is 7.33. The quantitative estimate of drug-likeness (QED) is 0.891. The molecule has 1 aromatic carbocycles. The number of hydrogen-bond acceptors (Lipinski definition) is 3. The second-order valence-electron chi connectivity index (χ2n) is 6.30. The van der Waals surface area contributed by atoms with Gasteiger partial charge in [-0.1, -0.05) is 18.2 Å². The summed E-state index contributed by atoms with van der Waals surface area (Å²) in [5.41, 5.74) is 1.50. The lowest BCUT2D eigenvalue weighted by molar-refractivity contribution is -0.147. The number of likely N-dealkylation sites (tertiary alicyclic amines) is 1. The number of nitrogens with one attached hydrogen (secondary N) is 1. The number of fused-ring (bicyclic) bond motifs is 1. The Morgan fingerprint density at radius 2 is 2.19 bits per heavy atom. The molecule has 0 spiro atoms. The standard InChI is InChI=1S/C16H20N2O3/c1-16(15(20)21)6-7-18(10-16)14(19)8-11-9-17-13-5-3-2-4-12(11)13/h2-5,11,17H,6-10H2,1H3,(H,20,21). The van der Waals surface area contributed by atoms with Crippen molar-refractivity contribution in [3.63, 3.8) is 0 Å². The zero-order chi connectivity index (χ0) is 15.0.